The van der Waals surface area contributed by atoms with Crippen LogP contribution in [-0.2, 0) is 14.3 Å². The lowest BCUT2D eigenvalue weighted by molar-refractivity contribution is -0.141. The Balaban J connectivity index is 1.49. The average Bonchev–Trinajstić information content (AvgIpc) is 3.56. The van der Waals surface area contributed by atoms with Crippen LogP contribution in [0.25, 0.3) is 0 Å². The highest BCUT2D eigenvalue weighted by molar-refractivity contribution is 5.89. The van der Waals surface area contributed by atoms with Crippen LogP contribution < -0.4 is 5.32 Å². The molecular formula is C27H35N5O6. The van der Waals surface area contributed by atoms with Gasteiger partial charge < -0.3 is 25.0 Å². The second-order valence-corrected chi connectivity index (χ2v) is 11.2. The number of carboxylic acids is 1. The van der Waals surface area contributed by atoms with E-state index in [1.54, 1.807) is 37.8 Å². The number of likely N-dealkylation sites (tertiary alicyclic amines) is 3. The van der Waals surface area contributed by atoms with Crippen molar-refractivity contribution in [3.05, 3.63) is 35.4 Å². The van der Waals surface area contributed by atoms with E-state index >= 15 is 0 Å². The maximum absolute atomic E-state index is 13.5. The number of amides is 3. The standard InChI is InChI=1S/C27H35N5O6/c1-16(17-7-5-8-18(11-17)25(35)36)32-20-12-22(24(32)34)30(14-20)15-21(29-26(37)38-27(2,3)4)23(33)31-10-6-9-19(31)13-28/h5,7-8,11,16,19-22H,6,9-10,12,14-15H2,1-4H3,(H,29,37)(H,35,36)/t16-,19?,20?,21?,22?/m0/s1. The van der Waals surface area contributed by atoms with Crippen LogP contribution in [-0.4, -0.2) is 93.1 Å². The number of benzene rings is 1. The Morgan fingerprint density at radius 2 is 2.03 bits per heavy atom. The Labute approximate surface area is 222 Å². The number of nitriles is 1. The molecule has 204 valence electrons. The molecule has 38 heavy (non-hydrogen) atoms. The van der Waals surface area contributed by atoms with E-state index in [-0.39, 0.29) is 36.0 Å². The Morgan fingerprint density at radius 1 is 1.29 bits per heavy atom. The Bertz CT molecular complexity index is 1160. The highest BCUT2D eigenvalue weighted by Gasteiger charge is 2.52. The predicted octanol–water partition coefficient (Wildman–Crippen LogP) is 2.14. The molecule has 0 spiro atoms. The minimum Gasteiger partial charge on any atom is -0.478 e. The van der Waals surface area contributed by atoms with Crippen LogP contribution >= 0.6 is 0 Å². The number of aromatic carboxylic acids is 1. The third-order valence-corrected chi connectivity index (χ3v) is 7.44. The van der Waals surface area contributed by atoms with Gasteiger partial charge in [0.1, 0.15) is 17.7 Å². The van der Waals surface area contributed by atoms with E-state index in [1.165, 1.54) is 11.0 Å². The highest BCUT2D eigenvalue weighted by Crippen LogP contribution is 2.38. The van der Waals surface area contributed by atoms with Crippen LogP contribution in [0.15, 0.2) is 24.3 Å². The molecule has 3 saturated heterocycles. The van der Waals surface area contributed by atoms with Crippen molar-refractivity contribution in [1.29, 1.82) is 5.26 Å². The second-order valence-electron chi connectivity index (χ2n) is 11.2. The number of ether oxygens (including phenoxy) is 1. The van der Waals surface area contributed by atoms with Crippen LogP contribution in [0.1, 0.15) is 68.9 Å². The number of carbonyl (C=O) groups excluding carboxylic acids is 3. The fourth-order valence-corrected chi connectivity index (χ4v) is 5.73. The van der Waals surface area contributed by atoms with Crippen molar-refractivity contribution in [1.82, 2.24) is 20.0 Å². The number of carbonyl (C=O) groups is 4. The molecule has 3 heterocycles. The van der Waals surface area contributed by atoms with Crippen LogP contribution in [0.2, 0.25) is 0 Å². The van der Waals surface area contributed by atoms with Crippen molar-refractivity contribution < 1.29 is 29.0 Å². The molecule has 4 unspecified atom stereocenters. The molecule has 0 saturated carbocycles. The van der Waals surface area contributed by atoms with E-state index < -0.39 is 35.8 Å². The van der Waals surface area contributed by atoms with Gasteiger partial charge in [-0.15, -0.1) is 0 Å². The minimum atomic E-state index is -1.02. The first kappa shape index (κ1) is 27.4. The topological polar surface area (TPSA) is 143 Å². The summed E-state index contributed by atoms with van der Waals surface area (Å²) in [5, 5.41) is 21.5. The number of fused-ring (bicyclic) bond motifs is 2. The van der Waals surface area contributed by atoms with Gasteiger partial charge in [-0.1, -0.05) is 12.1 Å². The van der Waals surface area contributed by atoms with Crippen molar-refractivity contribution in [2.24, 2.45) is 0 Å². The summed E-state index contributed by atoms with van der Waals surface area (Å²) in [5.74, 6) is -1.47. The molecule has 4 rings (SSSR count). The van der Waals surface area contributed by atoms with Gasteiger partial charge in [-0.25, -0.2) is 9.59 Å². The van der Waals surface area contributed by atoms with Gasteiger partial charge in [-0.3, -0.25) is 14.5 Å². The lowest BCUT2D eigenvalue weighted by atomic mass is 10.0. The molecule has 3 aliphatic rings. The van der Waals surface area contributed by atoms with Crippen LogP contribution in [0, 0.1) is 11.3 Å². The average molecular weight is 526 g/mol. The van der Waals surface area contributed by atoms with E-state index in [0.29, 0.717) is 32.4 Å². The van der Waals surface area contributed by atoms with Gasteiger partial charge in [0.2, 0.25) is 11.8 Å². The molecule has 2 N–H and O–H groups in total. The number of hydrogen-bond donors (Lipinski definition) is 2. The normalized spacial score (nSPS) is 24.7. The van der Waals surface area contributed by atoms with Gasteiger partial charge in [0.05, 0.1) is 23.7 Å². The smallest absolute Gasteiger partial charge is 0.408 e. The van der Waals surface area contributed by atoms with E-state index in [1.807, 2.05) is 17.9 Å². The maximum Gasteiger partial charge on any atom is 0.408 e. The first-order valence-electron chi connectivity index (χ1n) is 13.0. The van der Waals surface area contributed by atoms with Crippen molar-refractivity contribution in [2.45, 2.75) is 82.8 Å². The summed E-state index contributed by atoms with van der Waals surface area (Å²) >= 11 is 0. The third-order valence-electron chi connectivity index (χ3n) is 7.44. The summed E-state index contributed by atoms with van der Waals surface area (Å²) in [6.45, 7) is 8.16. The zero-order chi connectivity index (χ0) is 27.8. The first-order chi connectivity index (χ1) is 17.9. The molecule has 5 atom stereocenters. The molecule has 3 amide bonds. The van der Waals surface area contributed by atoms with Gasteiger partial charge in [0.25, 0.3) is 0 Å². The number of piperazine rings is 1. The van der Waals surface area contributed by atoms with Crippen molar-refractivity contribution in [3.63, 3.8) is 0 Å². The summed E-state index contributed by atoms with van der Waals surface area (Å²) in [4.78, 5) is 56.1. The molecule has 1 aromatic rings. The zero-order valence-electron chi connectivity index (χ0n) is 22.2. The molecule has 2 bridgehead atoms. The van der Waals surface area contributed by atoms with Crippen LogP contribution in [0.5, 0.6) is 0 Å². The number of alkyl carbamates (subject to hydrolysis) is 1. The van der Waals surface area contributed by atoms with E-state index in [2.05, 4.69) is 11.4 Å². The SMILES string of the molecule is C[C@@H](c1cccc(C(=O)O)c1)N1C(=O)C2CC1CN2CC(NC(=O)OC(C)(C)C)C(=O)N1CCCC1C#N. The Kier molecular flexibility index (Phi) is 7.65. The molecule has 11 nitrogen and oxygen atoms in total. The van der Waals surface area contributed by atoms with Crippen molar-refractivity contribution >= 4 is 23.9 Å². The molecule has 3 aliphatic heterocycles. The number of nitrogens with zero attached hydrogens (tertiary/aromatic N) is 4. The van der Waals surface area contributed by atoms with E-state index in [9.17, 15) is 29.5 Å². The van der Waals surface area contributed by atoms with E-state index in [4.69, 9.17) is 4.74 Å². The first-order valence-corrected chi connectivity index (χ1v) is 13.0. The van der Waals surface area contributed by atoms with E-state index in [0.717, 1.165) is 5.56 Å². The zero-order valence-corrected chi connectivity index (χ0v) is 22.2. The Hall–Kier alpha value is -3.65. The summed E-state index contributed by atoms with van der Waals surface area (Å²) in [6, 6.07) is 6.38. The number of rotatable bonds is 7. The third kappa shape index (κ3) is 5.60. The molecule has 3 fully saturated rings. The number of carboxylic acid groups (broad SMARTS) is 1. The fraction of sp³-hybridized carbons (Fsp3) is 0.593. The maximum atomic E-state index is 13.5. The minimum absolute atomic E-state index is 0.0889. The van der Waals surface area contributed by atoms with Gasteiger partial charge >= 0.3 is 12.1 Å². The molecule has 1 aromatic carbocycles. The lowest BCUT2D eigenvalue weighted by Crippen LogP contribution is -2.59. The van der Waals surface area contributed by atoms with Gasteiger partial charge in [0, 0.05) is 25.7 Å². The predicted molar refractivity (Wildman–Crippen MR) is 136 cm³/mol. The lowest BCUT2D eigenvalue weighted by Gasteiger charge is -2.39. The summed E-state index contributed by atoms with van der Waals surface area (Å²) in [6.07, 6.45) is 1.16. The molecule has 0 aromatic heterocycles. The van der Waals surface area contributed by atoms with Crippen LogP contribution in [0.3, 0.4) is 0 Å². The molecule has 11 heteroatoms. The monoisotopic (exact) mass is 525 g/mol. The Morgan fingerprint density at radius 3 is 2.66 bits per heavy atom. The molecule has 0 radical (unpaired) electrons. The summed E-state index contributed by atoms with van der Waals surface area (Å²) < 4.78 is 5.38. The molecular weight excluding hydrogens is 490 g/mol. The number of hydrogen-bond acceptors (Lipinski definition) is 7. The largest absolute Gasteiger partial charge is 0.478 e. The number of nitrogens with one attached hydrogen (secondary N) is 1. The highest BCUT2D eigenvalue weighted by atomic mass is 16.6. The van der Waals surface area contributed by atoms with Crippen molar-refractivity contribution in [2.75, 3.05) is 19.6 Å². The van der Waals surface area contributed by atoms with Gasteiger partial charge in [-0.2, -0.15) is 5.26 Å². The quantitative estimate of drug-likeness (QED) is 0.551. The van der Waals surface area contributed by atoms with Crippen LogP contribution in [0.4, 0.5) is 4.79 Å². The van der Waals surface area contributed by atoms with Gasteiger partial charge in [0.15, 0.2) is 0 Å². The summed E-state index contributed by atoms with van der Waals surface area (Å²) in [7, 11) is 0. The van der Waals surface area contributed by atoms with Crippen molar-refractivity contribution in [3.8, 4) is 6.07 Å². The van der Waals surface area contributed by atoms with Gasteiger partial charge in [-0.05, 0) is 64.7 Å². The fourth-order valence-electron chi connectivity index (χ4n) is 5.73. The molecule has 0 aliphatic carbocycles. The summed E-state index contributed by atoms with van der Waals surface area (Å²) in [5.41, 5.74) is 0.158. The second kappa shape index (κ2) is 10.6.